The monoisotopic (exact) mass is 423 g/mol. The van der Waals surface area contributed by atoms with Gasteiger partial charge in [0.25, 0.3) is 5.91 Å². The molecule has 0 fully saturated rings. The van der Waals surface area contributed by atoms with Gasteiger partial charge in [0, 0.05) is 15.8 Å². The summed E-state index contributed by atoms with van der Waals surface area (Å²) < 4.78 is 0. The van der Waals surface area contributed by atoms with E-state index in [-0.39, 0.29) is 5.91 Å². The second-order valence-corrected chi connectivity index (χ2v) is 9.02. The SMILES string of the molecule is Cc1ccc(-c2cc(C(=O)Nc3sc4c(c3C#N)CCCC4)c3ccccc3n2)cc1. The van der Waals surface area contributed by atoms with Crippen molar-refractivity contribution < 1.29 is 4.79 Å². The molecule has 4 aromatic rings. The second kappa shape index (κ2) is 7.98. The molecule has 1 aliphatic rings. The van der Waals surface area contributed by atoms with Crippen LogP contribution in [0.5, 0.6) is 0 Å². The minimum atomic E-state index is -0.206. The molecule has 4 nitrogen and oxygen atoms in total. The van der Waals surface area contributed by atoms with E-state index in [1.165, 1.54) is 10.4 Å². The molecule has 0 bridgehead atoms. The van der Waals surface area contributed by atoms with E-state index in [9.17, 15) is 10.1 Å². The lowest BCUT2D eigenvalue weighted by Crippen LogP contribution is -2.13. The van der Waals surface area contributed by atoms with Gasteiger partial charge in [0.05, 0.1) is 22.3 Å². The summed E-state index contributed by atoms with van der Waals surface area (Å²) in [6, 6.07) is 20.0. The normalized spacial score (nSPS) is 12.9. The first kappa shape index (κ1) is 19.5. The van der Waals surface area contributed by atoms with E-state index in [0.717, 1.165) is 53.4 Å². The summed E-state index contributed by atoms with van der Waals surface area (Å²) in [5.41, 5.74) is 5.99. The largest absolute Gasteiger partial charge is 0.312 e. The molecule has 0 saturated heterocycles. The number of anilines is 1. The minimum absolute atomic E-state index is 0.206. The van der Waals surface area contributed by atoms with Crippen LogP contribution in [0.1, 0.15) is 44.8 Å². The molecule has 0 saturated carbocycles. The Morgan fingerprint density at radius 2 is 1.87 bits per heavy atom. The van der Waals surface area contributed by atoms with Crippen LogP contribution in [-0.4, -0.2) is 10.9 Å². The highest BCUT2D eigenvalue weighted by molar-refractivity contribution is 7.16. The lowest BCUT2D eigenvalue weighted by atomic mass is 9.96. The Kier molecular flexibility index (Phi) is 5.01. The van der Waals surface area contributed by atoms with Gasteiger partial charge in [-0.05, 0) is 50.3 Å². The smallest absolute Gasteiger partial charge is 0.257 e. The number of carbonyl (C=O) groups is 1. The molecule has 152 valence electrons. The first-order chi connectivity index (χ1) is 15.1. The molecule has 2 aromatic carbocycles. The average Bonchev–Trinajstić information content (AvgIpc) is 3.15. The summed E-state index contributed by atoms with van der Waals surface area (Å²) in [6.45, 7) is 2.05. The lowest BCUT2D eigenvalue weighted by Gasteiger charge is -2.11. The number of hydrogen-bond donors (Lipinski definition) is 1. The molecule has 1 N–H and O–H groups in total. The summed E-state index contributed by atoms with van der Waals surface area (Å²) in [5, 5.41) is 14.2. The van der Waals surface area contributed by atoms with Gasteiger partial charge in [-0.2, -0.15) is 5.26 Å². The molecule has 0 radical (unpaired) electrons. The van der Waals surface area contributed by atoms with Gasteiger partial charge in [0.2, 0.25) is 0 Å². The van der Waals surface area contributed by atoms with Gasteiger partial charge >= 0.3 is 0 Å². The maximum Gasteiger partial charge on any atom is 0.257 e. The van der Waals surface area contributed by atoms with Gasteiger partial charge in [-0.1, -0.05) is 48.0 Å². The molecule has 0 spiro atoms. The topological polar surface area (TPSA) is 65.8 Å². The molecular formula is C26H21N3OS. The maximum absolute atomic E-state index is 13.4. The Morgan fingerprint density at radius 3 is 2.68 bits per heavy atom. The number of carbonyl (C=O) groups excluding carboxylic acids is 1. The number of amides is 1. The first-order valence-corrected chi connectivity index (χ1v) is 11.3. The third-order valence-electron chi connectivity index (χ3n) is 5.82. The maximum atomic E-state index is 13.4. The molecule has 1 amide bonds. The highest BCUT2D eigenvalue weighted by atomic mass is 32.1. The summed E-state index contributed by atoms with van der Waals surface area (Å²) in [7, 11) is 0. The lowest BCUT2D eigenvalue weighted by molar-refractivity contribution is 0.102. The first-order valence-electron chi connectivity index (χ1n) is 10.5. The van der Waals surface area contributed by atoms with Crippen molar-refractivity contribution >= 4 is 33.1 Å². The molecule has 1 aliphatic carbocycles. The Morgan fingerprint density at radius 1 is 1.10 bits per heavy atom. The summed E-state index contributed by atoms with van der Waals surface area (Å²) in [6.07, 6.45) is 4.14. The van der Waals surface area contributed by atoms with Gasteiger partial charge in [-0.3, -0.25) is 4.79 Å². The van der Waals surface area contributed by atoms with Crippen molar-refractivity contribution in [3.8, 4) is 17.3 Å². The predicted octanol–water partition coefficient (Wildman–Crippen LogP) is 6.27. The Hall–Kier alpha value is -3.49. The number of thiophene rings is 1. The van der Waals surface area contributed by atoms with E-state index in [0.29, 0.717) is 16.1 Å². The van der Waals surface area contributed by atoms with E-state index in [4.69, 9.17) is 4.98 Å². The zero-order valence-corrected chi connectivity index (χ0v) is 18.1. The quantitative estimate of drug-likeness (QED) is 0.422. The summed E-state index contributed by atoms with van der Waals surface area (Å²) >= 11 is 1.55. The number of hydrogen-bond acceptors (Lipinski definition) is 4. The molecule has 5 heteroatoms. The van der Waals surface area contributed by atoms with Gasteiger partial charge in [0.1, 0.15) is 11.1 Å². The van der Waals surface area contributed by atoms with Gasteiger partial charge in [-0.25, -0.2) is 4.98 Å². The third kappa shape index (κ3) is 3.60. The van der Waals surface area contributed by atoms with E-state index >= 15 is 0 Å². The zero-order valence-electron chi connectivity index (χ0n) is 17.2. The molecule has 2 aromatic heterocycles. The van der Waals surface area contributed by atoms with Crippen molar-refractivity contribution in [3.05, 3.63) is 81.7 Å². The number of aryl methyl sites for hydroxylation is 2. The van der Waals surface area contributed by atoms with Gasteiger partial charge in [0.15, 0.2) is 0 Å². The van der Waals surface area contributed by atoms with Crippen LogP contribution in [0.25, 0.3) is 22.2 Å². The van der Waals surface area contributed by atoms with Crippen molar-refractivity contribution in [3.63, 3.8) is 0 Å². The molecule has 0 unspecified atom stereocenters. The van der Waals surface area contributed by atoms with E-state index < -0.39 is 0 Å². The van der Waals surface area contributed by atoms with Crippen molar-refractivity contribution in [2.24, 2.45) is 0 Å². The van der Waals surface area contributed by atoms with Crippen molar-refractivity contribution in [1.29, 1.82) is 5.26 Å². The van der Waals surface area contributed by atoms with Gasteiger partial charge < -0.3 is 5.32 Å². The van der Waals surface area contributed by atoms with E-state index in [1.54, 1.807) is 11.3 Å². The van der Waals surface area contributed by atoms with Crippen LogP contribution < -0.4 is 5.32 Å². The summed E-state index contributed by atoms with van der Waals surface area (Å²) in [4.78, 5) is 19.4. The number of para-hydroxylation sites is 1. The predicted molar refractivity (Wildman–Crippen MR) is 126 cm³/mol. The molecule has 0 aliphatic heterocycles. The standard InChI is InChI=1S/C26H21N3OS/c1-16-10-12-17(13-11-16)23-14-20(18-6-2-4-8-22(18)28-23)25(30)29-26-21(15-27)19-7-3-5-9-24(19)31-26/h2,4,6,8,10-14H,3,5,7,9H2,1H3,(H,29,30). The van der Waals surface area contributed by atoms with Crippen LogP contribution in [0, 0.1) is 18.3 Å². The third-order valence-corrected chi connectivity index (χ3v) is 7.03. The Balaban J connectivity index is 1.58. The van der Waals surface area contributed by atoms with Crippen molar-refractivity contribution in [1.82, 2.24) is 4.98 Å². The number of nitriles is 1. The van der Waals surface area contributed by atoms with Crippen molar-refractivity contribution in [2.45, 2.75) is 32.6 Å². The van der Waals surface area contributed by atoms with Crippen LogP contribution in [0.15, 0.2) is 54.6 Å². The number of pyridine rings is 1. The highest BCUT2D eigenvalue weighted by Crippen LogP contribution is 2.38. The Bertz CT molecular complexity index is 1350. The van der Waals surface area contributed by atoms with Crippen LogP contribution >= 0.6 is 11.3 Å². The second-order valence-electron chi connectivity index (χ2n) is 7.92. The fourth-order valence-corrected chi connectivity index (χ4v) is 5.41. The number of rotatable bonds is 3. The van der Waals surface area contributed by atoms with E-state index in [1.807, 2.05) is 61.5 Å². The fraction of sp³-hybridized carbons (Fsp3) is 0.192. The molecule has 31 heavy (non-hydrogen) atoms. The number of aromatic nitrogens is 1. The van der Waals surface area contributed by atoms with Crippen LogP contribution in [0.2, 0.25) is 0 Å². The zero-order chi connectivity index (χ0) is 21.4. The van der Waals surface area contributed by atoms with Crippen molar-refractivity contribution in [2.75, 3.05) is 5.32 Å². The number of fused-ring (bicyclic) bond motifs is 2. The highest BCUT2D eigenvalue weighted by Gasteiger charge is 2.23. The number of nitrogens with zero attached hydrogens (tertiary/aromatic N) is 2. The van der Waals surface area contributed by atoms with Crippen LogP contribution in [0.4, 0.5) is 5.00 Å². The molecule has 0 atom stereocenters. The fourth-order valence-electron chi connectivity index (χ4n) is 4.18. The molecular weight excluding hydrogens is 402 g/mol. The van der Waals surface area contributed by atoms with Crippen LogP contribution in [0.3, 0.4) is 0 Å². The van der Waals surface area contributed by atoms with Crippen LogP contribution in [-0.2, 0) is 12.8 Å². The molecule has 2 heterocycles. The number of nitrogens with one attached hydrogen (secondary N) is 1. The van der Waals surface area contributed by atoms with Gasteiger partial charge in [-0.15, -0.1) is 11.3 Å². The Labute approximate surface area is 185 Å². The van der Waals surface area contributed by atoms with E-state index in [2.05, 4.69) is 11.4 Å². The number of benzene rings is 2. The minimum Gasteiger partial charge on any atom is -0.312 e. The molecule has 5 rings (SSSR count). The summed E-state index contributed by atoms with van der Waals surface area (Å²) in [5.74, 6) is -0.206. The average molecular weight is 424 g/mol.